The molecule has 0 amide bonds. The second kappa shape index (κ2) is 4.85. The lowest BCUT2D eigenvalue weighted by atomic mass is 9.94. The first-order valence-corrected chi connectivity index (χ1v) is 6.90. The molecule has 8 heteroatoms. The van der Waals surface area contributed by atoms with Gasteiger partial charge in [0.1, 0.15) is 0 Å². The van der Waals surface area contributed by atoms with E-state index in [1.54, 1.807) is 0 Å². The first-order chi connectivity index (χ1) is 10.7. The minimum Gasteiger partial charge on any atom is -0.390 e. The van der Waals surface area contributed by atoms with Gasteiger partial charge in [0, 0.05) is 6.54 Å². The molecule has 0 spiro atoms. The normalized spacial score (nSPS) is 17.4. The summed E-state index contributed by atoms with van der Waals surface area (Å²) in [7, 11) is 0. The van der Waals surface area contributed by atoms with Crippen LogP contribution in [0.2, 0.25) is 0 Å². The van der Waals surface area contributed by atoms with Gasteiger partial charge in [-0.3, -0.25) is 0 Å². The number of nitro groups is 1. The quantitative estimate of drug-likeness (QED) is 0.547. The average molecular weight is 296 g/mol. The van der Waals surface area contributed by atoms with Crippen LogP contribution in [0.1, 0.15) is 23.0 Å². The molecule has 0 fully saturated rings. The fourth-order valence-corrected chi connectivity index (χ4v) is 2.77. The molecule has 110 valence electrons. The van der Waals surface area contributed by atoms with E-state index in [1.807, 2.05) is 18.2 Å². The lowest BCUT2D eigenvalue weighted by molar-refractivity contribution is -0.393. The number of hydrogen-bond donors (Lipinski definition) is 2. The maximum Gasteiger partial charge on any atom is 0.435 e. The SMILES string of the molecule is O=[N+]([O-])c1nc2nc(C3NCCc4ccccc43)ncc2[nH]1. The van der Waals surface area contributed by atoms with Gasteiger partial charge >= 0.3 is 5.95 Å². The van der Waals surface area contributed by atoms with Gasteiger partial charge in [-0.15, -0.1) is 0 Å². The van der Waals surface area contributed by atoms with E-state index in [1.165, 1.54) is 11.8 Å². The van der Waals surface area contributed by atoms with Crippen LogP contribution < -0.4 is 5.32 Å². The number of benzene rings is 1. The van der Waals surface area contributed by atoms with E-state index < -0.39 is 4.92 Å². The Morgan fingerprint density at radius 1 is 1.27 bits per heavy atom. The minimum absolute atomic E-state index is 0.120. The van der Waals surface area contributed by atoms with Crippen LogP contribution in [0.3, 0.4) is 0 Å². The van der Waals surface area contributed by atoms with Gasteiger partial charge in [0.05, 0.1) is 12.2 Å². The number of aromatic nitrogens is 4. The summed E-state index contributed by atoms with van der Waals surface area (Å²) in [6, 6.07) is 8.03. The lowest BCUT2D eigenvalue weighted by Gasteiger charge is -2.25. The highest BCUT2D eigenvalue weighted by atomic mass is 16.6. The summed E-state index contributed by atoms with van der Waals surface area (Å²) in [4.78, 5) is 25.4. The van der Waals surface area contributed by atoms with Crippen molar-refractivity contribution >= 4 is 17.1 Å². The average Bonchev–Trinajstić information content (AvgIpc) is 2.98. The van der Waals surface area contributed by atoms with Crippen molar-refractivity contribution in [2.75, 3.05) is 6.54 Å². The summed E-state index contributed by atoms with van der Waals surface area (Å²) >= 11 is 0. The highest BCUT2D eigenvalue weighted by Crippen LogP contribution is 2.27. The molecule has 3 aromatic rings. The van der Waals surface area contributed by atoms with Crippen molar-refractivity contribution < 1.29 is 4.92 Å². The molecule has 2 aromatic heterocycles. The highest BCUT2D eigenvalue weighted by Gasteiger charge is 2.25. The van der Waals surface area contributed by atoms with Crippen LogP contribution in [0.25, 0.3) is 11.2 Å². The third kappa shape index (κ3) is 2.01. The number of hydrogen-bond acceptors (Lipinski definition) is 6. The van der Waals surface area contributed by atoms with Crippen molar-refractivity contribution in [3.8, 4) is 0 Å². The summed E-state index contributed by atoms with van der Waals surface area (Å²) in [5, 5.41) is 14.2. The van der Waals surface area contributed by atoms with E-state index in [-0.39, 0.29) is 12.0 Å². The molecule has 0 bridgehead atoms. The Morgan fingerprint density at radius 3 is 3.00 bits per heavy atom. The van der Waals surface area contributed by atoms with Crippen LogP contribution in [0.4, 0.5) is 5.95 Å². The number of nitrogens with zero attached hydrogens (tertiary/aromatic N) is 4. The molecule has 1 aliphatic heterocycles. The zero-order chi connectivity index (χ0) is 15.1. The van der Waals surface area contributed by atoms with Gasteiger partial charge in [0.2, 0.25) is 0 Å². The maximum atomic E-state index is 10.8. The van der Waals surface area contributed by atoms with Crippen LogP contribution >= 0.6 is 0 Å². The van der Waals surface area contributed by atoms with E-state index in [0.29, 0.717) is 17.0 Å². The Morgan fingerprint density at radius 2 is 2.14 bits per heavy atom. The predicted octanol–water partition coefficient (Wildman–Crippen LogP) is 1.50. The third-order valence-electron chi connectivity index (χ3n) is 3.79. The molecule has 2 N–H and O–H groups in total. The number of nitrogens with one attached hydrogen (secondary N) is 2. The Hall–Kier alpha value is -2.87. The molecule has 0 aliphatic carbocycles. The largest absolute Gasteiger partial charge is 0.435 e. The zero-order valence-electron chi connectivity index (χ0n) is 11.5. The van der Waals surface area contributed by atoms with E-state index in [0.717, 1.165) is 18.5 Å². The molecule has 0 radical (unpaired) electrons. The molecular formula is C14H12N6O2. The summed E-state index contributed by atoms with van der Waals surface area (Å²) in [6.45, 7) is 0.837. The smallest absolute Gasteiger partial charge is 0.390 e. The summed E-state index contributed by atoms with van der Waals surface area (Å²) < 4.78 is 0. The molecule has 0 saturated carbocycles. The van der Waals surface area contributed by atoms with E-state index >= 15 is 0 Å². The van der Waals surface area contributed by atoms with Crippen LogP contribution in [-0.4, -0.2) is 31.4 Å². The Bertz CT molecular complexity index is 875. The molecule has 1 aromatic carbocycles. The molecule has 22 heavy (non-hydrogen) atoms. The Balaban J connectivity index is 1.80. The second-order valence-corrected chi connectivity index (χ2v) is 5.12. The van der Waals surface area contributed by atoms with Crippen molar-refractivity contribution in [1.29, 1.82) is 0 Å². The van der Waals surface area contributed by atoms with Crippen LogP contribution in [0, 0.1) is 10.1 Å². The van der Waals surface area contributed by atoms with Crippen molar-refractivity contribution in [2.24, 2.45) is 0 Å². The highest BCUT2D eigenvalue weighted by molar-refractivity contribution is 5.70. The molecule has 1 unspecified atom stereocenters. The first kappa shape index (κ1) is 12.8. The van der Waals surface area contributed by atoms with E-state index in [9.17, 15) is 10.1 Å². The monoisotopic (exact) mass is 296 g/mol. The maximum absolute atomic E-state index is 10.8. The van der Waals surface area contributed by atoms with Crippen LogP contribution in [-0.2, 0) is 6.42 Å². The number of fused-ring (bicyclic) bond motifs is 2. The standard InChI is InChI=1S/C14H12N6O2/c21-20(22)14-17-10-7-16-13(18-12(10)19-14)11-9-4-2-1-3-8(9)5-6-15-11/h1-4,7,11,15H,5-6H2,(H,16,17,18,19). The topological polar surface area (TPSA) is 110 Å². The fourth-order valence-electron chi connectivity index (χ4n) is 2.77. The van der Waals surface area contributed by atoms with E-state index in [4.69, 9.17) is 0 Å². The second-order valence-electron chi connectivity index (χ2n) is 5.12. The Labute approximate surface area is 124 Å². The molecule has 8 nitrogen and oxygen atoms in total. The number of imidazole rings is 1. The Kier molecular flexibility index (Phi) is 2.83. The van der Waals surface area contributed by atoms with Crippen molar-refractivity contribution in [3.63, 3.8) is 0 Å². The van der Waals surface area contributed by atoms with Gasteiger partial charge in [-0.05, 0) is 27.5 Å². The number of rotatable bonds is 2. The summed E-state index contributed by atoms with van der Waals surface area (Å²) in [5.41, 5.74) is 3.17. The van der Waals surface area contributed by atoms with Gasteiger partial charge in [0.15, 0.2) is 11.3 Å². The minimum atomic E-state index is -0.574. The predicted molar refractivity (Wildman–Crippen MR) is 78.3 cm³/mol. The van der Waals surface area contributed by atoms with Crippen molar-refractivity contribution in [3.05, 3.63) is 57.5 Å². The molecule has 3 heterocycles. The van der Waals surface area contributed by atoms with Crippen LogP contribution in [0.15, 0.2) is 30.5 Å². The van der Waals surface area contributed by atoms with Crippen molar-refractivity contribution in [2.45, 2.75) is 12.5 Å². The molecule has 0 saturated heterocycles. The number of H-pyrrole nitrogens is 1. The number of aromatic amines is 1. The van der Waals surface area contributed by atoms with E-state index in [2.05, 4.69) is 31.3 Å². The summed E-state index contributed by atoms with van der Waals surface area (Å²) in [6.07, 6.45) is 2.50. The molecule has 4 rings (SSSR count). The van der Waals surface area contributed by atoms with Gasteiger partial charge in [0.25, 0.3) is 5.65 Å². The van der Waals surface area contributed by atoms with Gasteiger partial charge in [-0.1, -0.05) is 24.3 Å². The zero-order valence-corrected chi connectivity index (χ0v) is 11.5. The van der Waals surface area contributed by atoms with Gasteiger partial charge in [-0.2, -0.15) is 4.98 Å². The molecule has 1 aliphatic rings. The first-order valence-electron chi connectivity index (χ1n) is 6.90. The van der Waals surface area contributed by atoms with Crippen LogP contribution in [0.5, 0.6) is 0 Å². The van der Waals surface area contributed by atoms with Gasteiger partial charge in [-0.25, -0.2) is 9.97 Å². The van der Waals surface area contributed by atoms with Gasteiger partial charge < -0.3 is 15.4 Å². The lowest BCUT2D eigenvalue weighted by Crippen LogP contribution is -2.31. The summed E-state index contributed by atoms with van der Waals surface area (Å²) in [5.74, 6) is 0.250. The third-order valence-corrected chi connectivity index (χ3v) is 3.79. The molecule has 1 atom stereocenters. The fraction of sp³-hybridized carbons (Fsp3) is 0.214. The van der Waals surface area contributed by atoms with Crippen molar-refractivity contribution in [1.82, 2.24) is 25.3 Å². The molecular weight excluding hydrogens is 284 g/mol.